The standard InChI is InChI=1S/C24H26N2O4/c1-5-26(23(28)19-12-11-17-9-7-8-10-18(17)13-19)14-20(27)21-15(3)22(25-16(21)4)24(29)30-6-2/h7-13,25H,5-6,14H2,1-4H3. The summed E-state index contributed by atoms with van der Waals surface area (Å²) in [6.45, 7) is 7.60. The van der Waals surface area contributed by atoms with E-state index in [0.29, 0.717) is 28.9 Å². The summed E-state index contributed by atoms with van der Waals surface area (Å²) >= 11 is 0. The smallest absolute Gasteiger partial charge is 0.355 e. The van der Waals surface area contributed by atoms with Gasteiger partial charge in [-0.2, -0.15) is 0 Å². The van der Waals surface area contributed by atoms with E-state index >= 15 is 0 Å². The zero-order valence-corrected chi connectivity index (χ0v) is 17.7. The zero-order chi connectivity index (χ0) is 21.8. The molecule has 0 atom stereocenters. The lowest BCUT2D eigenvalue weighted by molar-refractivity contribution is 0.0519. The fourth-order valence-corrected chi connectivity index (χ4v) is 3.66. The van der Waals surface area contributed by atoms with Crippen LogP contribution in [0.4, 0.5) is 0 Å². The normalized spacial score (nSPS) is 10.8. The minimum Gasteiger partial charge on any atom is -0.461 e. The highest BCUT2D eigenvalue weighted by Crippen LogP contribution is 2.21. The van der Waals surface area contributed by atoms with Gasteiger partial charge in [0, 0.05) is 23.4 Å². The highest BCUT2D eigenvalue weighted by molar-refractivity contribution is 6.06. The molecule has 0 fully saturated rings. The van der Waals surface area contributed by atoms with E-state index in [0.717, 1.165) is 10.8 Å². The van der Waals surface area contributed by atoms with E-state index in [4.69, 9.17) is 4.74 Å². The number of Topliss-reactive ketones (excluding diaryl/α,β-unsaturated/α-hetero) is 1. The Morgan fingerprint density at radius 2 is 1.70 bits per heavy atom. The first-order chi connectivity index (χ1) is 14.4. The summed E-state index contributed by atoms with van der Waals surface area (Å²) in [4.78, 5) is 42.6. The van der Waals surface area contributed by atoms with Gasteiger partial charge in [0.1, 0.15) is 5.69 Å². The second kappa shape index (κ2) is 8.95. The molecule has 1 amide bonds. The van der Waals surface area contributed by atoms with Crippen LogP contribution in [0.2, 0.25) is 0 Å². The van der Waals surface area contributed by atoms with E-state index in [1.807, 2.05) is 43.3 Å². The number of carbonyl (C=O) groups excluding carboxylic acids is 3. The van der Waals surface area contributed by atoms with Gasteiger partial charge in [-0.05, 0) is 56.2 Å². The van der Waals surface area contributed by atoms with Crippen molar-refractivity contribution in [3.63, 3.8) is 0 Å². The molecule has 3 aromatic rings. The second-order valence-electron chi connectivity index (χ2n) is 7.15. The van der Waals surface area contributed by atoms with Gasteiger partial charge in [-0.3, -0.25) is 9.59 Å². The van der Waals surface area contributed by atoms with Crippen LogP contribution in [0, 0.1) is 13.8 Å². The largest absolute Gasteiger partial charge is 0.461 e. The Morgan fingerprint density at radius 3 is 2.37 bits per heavy atom. The summed E-state index contributed by atoms with van der Waals surface area (Å²) in [6, 6.07) is 13.4. The van der Waals surface area contributed by atoms with E-state index < -0.39 is 5.97 Å². The quantitative estimate of drug-likeness (QED) is 0.468. The van der Waals surface area contributed by atoms with Crippen LogP contribution in [0.5, 0.6) is 0 Å². The summed E-state index contributed by atoms with van der Waals surface area (Å²) in [6.07, 6.45) is 0. The van der Waals surface area contributed by atoms with E-state index in [1.54, 1.807) is 26.8 Å². The molecule has 0 aliphatic rings. The van der Waals surface area contributed by atoms with Crippen molar-refractivity contribution in [2.45, 2.75) is 27.7 Å². The van der Waals surface area contributed by atoms with Crippen LogP contribution >= 0.6 is 0 Å². The number of hydrogen-bond donors (Lipinski definition) is 1. The van der Waals surface area contributed by atoms with Gasteiger partial charge in [-0.15, -0.1) is 0 Å². The van der Waals surface area contributed by atoms with Crippen LogP contribution < -0.4 is 0 Å². The first-order valence-corrected chi connectivity index (χ1v) is 10.0. The number of hydrogen-bond acceptors (Lipinski definition) is 4. The number of benzene rings is 2. The van der Waals surface area contributed by atoms with E-state index in [1.165, 1.54) is 4.90 Å². The van der Waals surface area contributed by atoms with Gasteiger partial charge in [0.05, 0.1) is 13.2 Å². The number of fused-ring (bicyclic) bond motifs is 1. The van der Waals surface area contributed by atoms with Gasteiger partial charge < -0.3 is 14.6 Å². The maximum absolute atomic E-state index is 13.0. The molecule has 156 valence electrons. The fraction of sp³-hybridized carbons (Fsp3) is 0.292. The summed E-state index contributed by atoms with van der Waals surface area (Å²) in [5, 5.41) is 2.03. The van der Waals surface area contributed by atoms with E-state index in [-0.39, 0.29) is 30.5 Å². The van der Waals surface area contributed by atoms with Crippen LogP contribution in [0.3, 0.4) is 0 Å². The first kappa shape index (κ1) is 21.3. The molecular formula is C24H26N2O4. The number of esters is 1. The maximum atomic E-state index is 13.0. The van der Waals surface area contributed by atoms with E-state index in [9.17, 15) is 14.4 Å². The molecule has 1 heterocycles. The van der Waals surface area contributed by atoms with E-state index in [2.05, 4.69) is 4.98 Å². The van der Waals surface area contributed by atoms with Crippen molar-refractivity contribution in [2.24, 2.45) is 0 Å². The fourth-order valence-electron chi connectivity index (χ4n) is 3.66. The van der Waals surface area contributed by atoms with Crippen LogP contribution in [0.25, 0.3) is 10.8 Å². The number of ether oxygens (including phenoxy) is 1. The lowest BCUT2D eigenvalue weighted by Gasteiger charge is -2.20. The Kier molecular flexibility index (Phi) is 6.35. The van der Waals surface area contributed by atoms with Gasteiger partial charge >= 0.3 is 5.97 Å². The predicted octanol–water partition coefficient (Wildman–Crippen LogP) is 4.31. The minimum absolute atomic E-state index is 0.0655. The number of aromatic nitrogens is 1. The Bertz CT molecular complexity index is 1110. The molecule has 0 aliphatic carbocycles. The minimum atomic E-state index is -0.489. The Balaban J connectivity index is 1.83. The number of ketones is 1. The first-order valence-electron chi connectivity index (χ1n) is 10.0. The molecule has 3 rings (SSSR count). The summed E-state index contributed by atoms with van der Waals surface area (Å²) in [5.41, 5.74) is 2.39. The average Bonchev–Trinajstić information content (AvgIpc) is 3.05. The summed E-state index contributed by atoms with van der Waals surface area (Å²) in [5.74, 6) is -0.905. The molecule has 6 nitrogen and oxygen atoms in total. The molecule has 1 N–H and O–H groups in total. The predicted molar refractivity (Wildman–Crippen MR) is 116 cm³/mol. The topological polar surface area (TPSA) is 79.5 Å². The highest BCUT2D eigenvalue weighted by Gasteiger charge is 2.25. The van der Waals surface area contributed by atoms with Crippen molar-refractivity contribution in [1.82, 2.24) is 9.88 Å². The van der Waals surface area contributed by atoms with Gasteiger partial charge in [0.2, 0.25) is 0 Å². The molecule has 1 aromatic heterocycles. The molecule has 30 heavy (non-hydrogen) atoms. The van der Waals surface area contributed by atoms with Gasteiger partial charge in [-0.1, -0.05) is 30.3 Å². The summed E-state index contributed by atoms with van der Waals surface area (Å²) < 4.78 is 5.04. The zero-order valence-electron chi connectivity index (χ0n) is 17.7. The highest BCUT2D eigenvalue weighted by atomic mass is 16.5. The van der Waals surface area contributed by atoms with Crippen molar-refractivity contribution in [3.05, 3.63) is 70.5 Å². The molecular weight excluding hydrogens is 380 g/mol. The monoisotopic (exact) mass is 406 g/mol. The van der Waals surface area contributed by atoms with Crippen molar-refractivity contribution in [1.29, 1.82) is 0 Å². The number of amides is 1. The number of aromatic amines is 1. The molecule has 2 aromatic carbocycles. The van der Waals surface area contributed by atoms with Gasteiger partial charge in [-0.25, -0.2) is 4.79 Å². The lowest BCUT2D eigenvalue weighted by atomic mass is 10.0. The Hall–Kier alpha value is -3.41. The number of aryl methyl sites for hydroxylation is 1. The third-order valence-corrected chi connectivity index (χ3v) is 5.20. The molecule has 0 saturated carbocycles. The molecule has 0 bridgehead atoms. The average molecular weight is 406 g/mol. The molecule has 0 unspecified atom stereocenters. The third-order valence-electron chi connectivity index (χ3n) is 5.20. The number of rotatable bonds is 7. The molecule has 0 spiro atoms. The van der Waals surface area contributed by atoms with Crippen LogP contribution in [-0.4, -0.2) is 47.2 Å². The van der Waals surface area contributed by atoms with Crippen LogP contribution in [0.15, 0.2) is 42.5 Å². The lowest BCUT2D eigenvalue weighted by Crippen LogP contribution is -2.35. The number of nitrogens with zero attached hydrogens (tertiary/aromatic N) is 1. The summed E-state index contributed by atoms with van der Waals surface area (Å²) in [7, 11) is 0. The van der Waals surface area contributed by atoms with Crippen molar-refractivity contribution in [2.75, 3.05) is 19.7 Å². The maximum Gasteiger partial charge on any atom is 0.355 e. The Labute approximate surface area is 175 Å². The number of carbonyl (C=O) groups is 3. The molecule has 0 radical (unpaired) electrons. The number of likely N-dealkylation sites (N-methyl/N-ethyl adjacent to an activating group) is 1. The second-order valence-corrected chi connectivity index (χ2v) is 7.15. The molecule has 0 saturated heterocycles. The SMILES string of the molecule is CCOC(=O)c1[nH]c(C)c(C(=O)CN(CC)C(=O)c2ccc3ccccc3c2)c1C. The van der Waals surface area contributed by atoms with Gasteiger partial charge in [0.15, 0.2) is 5.78 Å². The molecule has 0 aliphatic heterocycles. The van der Waals surface area contributed by atoms with Crippen LogP contribution in [0.1, 0.15) is 56.3 Å². The number of H-pyrrole nitrogens is 1. The third kappa shape index (κ3) is 4.13. The van der Waals surface area contributed by atoms with Crippen molar-refractivity contribution >= 4 is 28.4 Å². The Morgan fingerprint density at radius 1 is 1.00 bits per heavy atom. The molecule has 6 heteroatoms. The van der Waals surface area contributed by atoms with Crippen molar-refractivity contribution in [3.8, 4) is 0 Å². The van der Waals surface area contributed by atoms with Gasteiger partial charge in [0.25, 0.3) is 5.91 Å². The van der Waals surface area contributed by atoms with Crippen LogP contribution in [-0.2, 0) is 4.74 Å². The number of nitrogens with one attached hydrogen (secondary N) is 1. The van der Waals surface area contributed by atoms with Crippen molar-refractivity contribution < 1.29 is 19.1 Å².